The smallest absolute Gasteiger partial charge is 0.264 e. The first-order chi connectivity index (χ1) is 17.4. The van der Waals surface area contributed by atoms with Gasteiger partial charge in [-0.3, -0.25) is 4.31 Å². The van der Waals surface area contributed by atoms with Crippen molar-refractivity contribution in [3.8, 4) is 11.1 Å². The van der Waals surface area contributed by atoms with Crippen molar-refractivity contribution in [2.24, 2.45) is 29.1 Å². The highest BCUT2D eigenvalue weighted by molar-refractivity contribution is 7.93. The Hall–Kier alpha value is -1.89. The molecule has 2 aliphatic heterocycles. The molecular formula is C30H38N2O3S. The van der Waals surface area contributed by atoms with Crippen LogP contribution in [0.3, 0.4) is 0 Å². The molecule has 5 fully saturated rings. The van der Waals surface area contributed by atoms with Gasteiger partial charge in [-0.15, -0.1) is 0 Å². The lowest BCUT2D eigenvalue weighted by molar-refractivity contribution is -0.127. The highest BCUT2D eigenvalue weighted by Gasteiger charge is 2.54. The third-order valence-corrected chi connectivity index (χ3v) is 12.1. The molecule has 0 aromatic heterocycles. The van der Waals surface area contributed by atoms with E-state index >= 15 is 0 Å². The Morgan fingerprint density at radius 3 is 2.11 bits per heavy atom. The largest absolute Gasteiger partial charge is 0.391 e. The molecule has 2 aromatic carbocycles. The van der Waals surface area contributed by atoms with Gasteiger partial charge in [0.15, 0.2) is 0 Å². The van der Waals surface area contributed by atoms with E-state index in [2.05, 4.69) is 4.90 Å². The van der Waals surface area contributed by atoms with Crippen LogP contribution in [-0.4, -0.2) is 50.7 Å². The molecule has 0 unspecified atom stereocenters. The zero-order valence-electron chi connectivity index (χ0n) is 21.1. The number of para-hydroxylation sites is 1. The zero-order valence-corrected chi connectivity index (χ0v) is 21.9. The van der Waals surface area contributed by atoms with Crippen molar-refractivity contribution in [2.45, 2.75) is 62.4 Å². The lowest BCUT2D eigenvalue weighted by atomic mass is 9.48. The quantitative estimate of drug-likeness (QED) is 0.609. The number of β-amino-alcohol motifs (C(OH)–C–C–N with tert-alkyl or cyclic N) is 1. The number of nitrogens with zero attached hydrogens (tertiary/aromatic N) is 2. The summed E-state index contributed by atoms with van der Waals surface area (Å²) in [7, 11) is -3.57. The van der Waals surface area contributed by atoms with Gasteiger partial charge < -0.3 is 10.0 Å². The molecule has 36 heavy (non-hydrogen) atoms. The van der Waals surface area contributed by atoms with E-state index in [1.807, 2.05) is 42.5 Å². The number of fused-ring (bicyclic) bond motifs is 3. The van der Waals surface area contributed by atoms with Crippen molar-refractivity contribution in [1.29, 1.82) is 0 Å². The van der Waals surface area contributed by atoms with Gasteiger partial charge >= 0.3 is 0 Å². The van der Waals surface area contributed by atoms with Gasteiger partial charge in [0, 0.05) is 24.2 Å². The van der Waals surface area contributed by atoms with Crippen molar-refractivity contribution in [1.82, 2.24) is 4.90 Å². The van der Waals surface area contributed by atoms with Crippen LogP contribution in [0.15, 0.2) is 53.4 Å². The maximum absolute atomic E-state index is 13.6. The highest BCUT2D eigenvalue weighted by Crippen LogP contribution is 2.61. The van der Waals surface area contributed by atoms with Crippen LogP contribution in [-0.2, 0) is 10.0 Å². The van der Waals surface area contributed by atoms with Crippen LogP contribution in [0, 0.1) is 29.1 Å². The van der Waals surface area contributed by atoms with Crippen LogP contribution >= 0.6 is 0 Å². The Bertz CT molecular complexity index is 1220. The molecule has 4 saturated carbocycles. The average molecular weight is 507 g/mol. The van der Waals surface area contributed by atoms with E-state index in [0.717, 1.165) is 67.0 Å². The second-order valence-electron chi connectivity index (χ2n) is 12.6. The lowest BCUT2D eigenvalue weighted by Crippen LogP contribution is -2.55. The third kappa shape index (κ3) is 3.74. The number of aliphatic hydroxyl groups is 1. The predicted octanol–water partition coefficient (Wildman–Crippen LogP) is 5.15. The number of hydrogen-bond acceptors (Lipinski definition) is 4. The monoisotopic (exact) mass is 506 g/mol. The second kappa shape index (κ2) is 8.57. The molecule has 0 amide bonds. The number of aliphatic hydroxyl groups excluding tert-OH is 1. The third-order valence-electron chi connectivity index (χ3n) is 10.3. The molecular weight excluding hydrogens is 468 g/mol. The summed E-state index contributed by atoms with van der Waals surface area (Å²) < 4.78 is 28.9. The number of piperidine rings is 1. The Kier molecular flexibility index (Phi) is 5.53. The van der Waals surface area contributed by atoms with Crippen molar-refractivity contribution >= 4 is 15.7 Å². The molecule has 2 heterocycles. The molecule has 4 bridgehead atoms. The zero-order chi connectivity index (χ0) is 24.5. The van der Waals surface area contributed by atoms with E-state index < -0.39 is 10.0 Å². The van der Waals surface area contributed by atoms with E-state index in [-0.39, 0.29) is 11.5 Å². The van der Waals surface area contributed by atoms with Gasteiger partial charge in [0.25, 0.3) is 10.0 Å². The summed E-state index contributed by atoms with van der Waals surface area (Å²) >= 11 is 0. The van der Waals surface area contributed by atoms with E-state index in [0.29, 0.717) is 17.4 Å². The minimum atomic E-state index is -3.57. The summed E-state index contributed by atoms with van der Waals surface area (Å²) in [6.45, 7) is 3.20. The van der Waals surface area contributed by atoms with E-state index in [4.69, 9.17) is 0 Å². The van der Waals surface area contributed by atoms with Gasteiger partial charge in [-0.05, 0) is 106 Å². The van der Waals surface area contributed by atoms with E-state index in [1.165, 1.54) is 38.5 Å². The first-order valence-electron chi connectivity index (χ1n) is 14.0. The molecule has 2 aromatic rings. The highest BCUT2D eigenvalue weighted by atomic mass is 32.2. The average Bonchev–Trinajstić information content (AvgIpc) is 2.87. The number of benzene rings is 2. The maximum Gasteiger partial charge on any atom is 0.264 e. The summed E-state index contributed by atoms with van der Waals surface area (Å²) in [5.41, 5.74) is 2.78. The molecule has 6 aliphatic rings. The second-order valence-corrected chi connectivity index (χ2v) is 14.4. The van der Waals surface area contributed by atoms with Crippen LogP contribution in [0.1, 0.15) is 51.4 Å². The molecule has 0 radical (unpaired) electrons. The minimum absolute atomic E-state index is 0.171. The summed E-state index contributed by atoms with van der Waals surface area (Å²) in [6.07, 6.45) is 9.68. The van der Waals surface area contributed by atoms with Gasteiger partial charge in [0.1, 0.15) is 0 Å². The standard InChI is InChI=1S/C30H38N2O3S/c33-29(30-16-22-13-23(17-30)15-24(14-22)18-30)20-31-11-9-21(10-12-31)19-32-27-7-3-1-5-25(27)26-6-2-4-8-28(26)36(32,34)35/h1-8,21-24,29,33H,9-20H2/t22?,23?,24?,29-,30?/m0/s1. The Morgan fingerprint density at radius 2 is 1.44 bits per heavy atom. The van der Waals surface area contributed by atoms with Gasteiger partial charge in [-0.2, -0.15) is 0 Å². The van der Waals surface area contributed by atoms with Crippen LogP contribution in [0.5, 0.6) is 0 Å². The number of anilines is 1. The molecule has 4 aliphatic carbocycles. The molecule has 1 saturated heterocycles. The Morgan fingerprint density at radius 1 is 0.861 bits per heavy atom. The Balaban J connectivity index is 1.03. The SMILES string of the molecule is O=S1(=O)c2ccccc2-c2ccccc2N1CC1CCN(C[C@H](O)C23CC4CC(CC(C4)C2)C3)CC1. The molecule has 0 spiro atoms. The number of sulfonamides is 1. The normalized spacial score (nSPS) is 33.8. The molecule has 6 heteroatoms. The summed E-state index contributed by atoms with van der Waals surface area (Å²) in [6, 6.07) is 15.3. The van der Waals surface area contributed by atoms with Crippen molar-refractivity contribution in [2.75, 3.05) is 30.5 Å². The maximum atomic E-state index is 13.6. The molecule has 8 rings (SSSR count). The first-order valence-corrected chi connectivity index (χ1v) is 15.5. The lowest BCUT2D eigenvalue weighted by Gasteiger charge is -2.59. The van der Waals surface area contributed by atoms with E-state index in [9.17, 15) is 13.5 Å². The molecule has 1 N–H and O–H groups in total. The summed E-state index contributed by atoms with van der Waals surface area (Å²) in [4.78, 5) is 2.87. The van der Waals surface area contributed by atoms with Crippen LogP contribution in [0.4, 0.5) is 5.69 Å². The topological polar surface area (TPSA) is 60.9 Å². The first kappa shape index (κ1) is 23.2. The van der Waals surface area contributed by atoms with Crippen LogP contribution in [0.25, 0.3) is 11.1 Å². The van der Waals surface area contributed by atoms with E-state index in [1.54, 1.807) is 10.4 Å². The minimum Gasteiger partial charge on any atom is -0.391 e. The van der Waals surface area contributed by atoms with Crippen LogP contribution < -0.4 is 4.31 Å². The van der Waals surface area contributed by atoms with Gasteiger partial charge in [-0.1, -0.05) is 36.4 Å². The molecule has 5 nitrogen and oxygen atoms in total. The van der Waals surface area contributed by atoms with Crippen LogP contribution in [0.2, 0.25) is 0 Å². The summed E-state index contributed by atoms with van der Waals surface area (Å²) in [5, 5.41) is 11.4. The molecule has 192 valence electrons. The van der Waals surface area contributed by atoms with Crippen molar-refractivity contribution < 1.29 is 13.5 Å². The fourth-order valence-corrected chi connectivity index (χ4v) is 10.7. The molecule has 1 atom stereocenters. The fourth-order valence-electron chi connectivity index (χ4n) is 8.89. The number of rotatable bonds is 5. The van der Waals surface area contributed by atoms with Gasteiger partial charge in [-0.25, -0.2) is 8.42 Å². The van der Waals surface area contributed by atoms with Crippen molar-refractivity contribution in [3.63, 3.8) is 0 Å². The Labute approximate surface area is 215 Å². The predicted molar refractivity (Wildman–Crippen MR) is 142 cm³/mol. The van der Waals surface area contributed by atoms with Gasteiger partial charge in [0.05, 0.1) is 16.7 Å². The van der Waals surface area contributed by atoms with Crippen molar-refractivity contribution in [3.05, 3.63) is 48.5 Å². The summed E-state index contributed by atoms with van der Waals surface area (Å²) in [5.74, 6) is 2.90. The number of likely N-dealkylation sites (tertiary alicyclic amines) is 1. The number of hydrogen-bond donors (Lipinski definition) is 1. The van der Waals surface area contributed by atoms with Gasteiger partial charge in [0.2, 0.25) is 0 Å². The fraction of sp³-hybridized carbons (Fsp3) is 0.600.